The molecule has 1 aromatic heterocycles. The molecule has 0 fully saturated rings. The molecule has 1 aromatic rings. The Morgan fingerprint density at radius 2 is 2.18 bits per heavy atom. The van der Waals surface area contributed by atoms with Gasteiger partial charge in [0.05, 0.1) is 0 Å². The van der Waals surface area contributed by atoms with Crippen molar-refractivity contribution in [3.63, 3.8) is 0 Å². The van der Waals surface area contributed by atoms with Gasteiger partial charge in [0.15, 0.2) is 0 Å². The number of ether oxygens (including phenoxy) is 1. The highest BCUT2D eigenvalue weighted by Crippen LogP contribution is 2.03. The maximum Gasteiger partial charge on any atom is 0.317 e. The van der Waals surface area contributed by atoms with Gasteiger partial charge in [-0.3, -0.25) is 0 Å². The van der Waals surface area contributed by atoms with Crippen LogP contribution in [0.3, 0.4) is 0 Å². The lowest BCUT2D eigenvalue weighted by atomic mass is 10.4. The first kappa shape index (κ1) is 13.8. The van der Waals surface area contributed by atoms with E-state index >= 15 is 0 Å². The van der Waals surface area contributed by atoms with Crippen molar-refractivity contribution >= 4 is 17.2 Å². The summed E-state index contributed by atoms with van der Waals surface area (Å²) in [6, 6.07) is 1.99. The number of aromatic nitrogens is 2. The smallest absolute Gasteiger partial charge is 0.317 e. The number of hydrogen-bond acceptors (Lipinski definition) is 5. The van der Waals surface area contributed by atoms with E-state index in [-0.39, 0.29) is 4.99 Å². The van der Waals surface area contributed by atoms with E-state index in [1.807, 2.05) is 0 Å². The highest BCUT2D eigenvalue weighted by molar-refractivity contribution is 7.80. The number of thiocarbonyl (C=S) groups is 1. The molecular weight excluding hydrogens is 236 g/mol. The summed E-state index contributed by atoms with van der Waals surface area (Å²) in [7, 11) is 0. The van der Waals surface area contributed by atoms with E-state index in [0.29, 0.717) is 18.3 Å². The maximum absolute atomic E-state index is 5.48. The Morgan fingerprint density at radius 1 is 1.47 bits per heavy atom. The first-order chi connectivity index (χ1) is 8.17. The topological polar surface area (TPSA) is 64.3 Å². The van der Waals surface area contributed by atoms with Crippen molar-refractivity contribution in [3.8, 4) is 6.01 Å². The second kappa shape index (κ2) is 7.13. The normalized spacial score (nSPS) is 10.5. The Kier molecular flexibility index (Phi) is 5.79. The Bertz CT molecular complexity index is 368. The van der Waals surface area contributed by atoms with Gasteiger partial charge in [0.1, 0.15) is 17.3 Å². The molecule has 0 spiro atoms. The lowest BCUT2D eigenvalue weighted by molar-refractivity contribution is 0.212. The van der Waals surface area contributed by atoms with E-state index < -0.39 is 0 Å². The molecule has 0 saturated carbocycles. The number of nitrogens with two attached hydrogens (primary N) is 1. The summed E-state index contributed by atoms with van der Waals surface area (Å²) in [5.41, 5.74) is 6.01. The molecule has 2 N–H and O–H groups in total. The Hall–Kier alpha value is -1.27. The van der Waals surface area contributed by atoms with Gasteiger partial charge in [0, 0.05) is 12.7 Å². The van der Waals surface area contributed by atoms with Gasteiger partial charge < -0.3 is 15.4 Å². The second-order valence-electron chi connectivity index (χ2n) is 3.46. The van der Waals surface area contributed by atoms with E-state index in [4.69, 9.17) is 22.7 Å². The van der Waals surface area contributed by atoms with Crippen LogP contribution in [0.5, 0.6) is 6.01 Å². The molecule has 0 radical (unpaired) electrons. The highest BCUT2D eigenvalue weighted by atomic mass is 32.1. The van der Waals surface area contributed by atoms with E-state index in [2.05, 4.69) is 28.7 Å². The summed E-state index contributed by atoms with van der Waals surface area (Å²) in [6.07, 6.45) is 1.59. The zero-order valence-corrected chi connectivity index (χ0v) is 11.0. The lowest BCUT2D eigenvalue weighted by Gasteiger charge is -2.17. The average molecular weight is 254 g/mol. The standard InChI is InChI=1S/C11H18N4OS/c1-3-15(4-2)7-8-16-11-13-6-5-9(14-11)10(12)17/h5-6H,3-4,7-8H2,1-2H3,(H2,12,17). The predicted molar refractivity (Wildman–Crippen MR) is 71.2 cm³/mol. The third kappa shape index (κ3) is 4.62. The van der Waals surface area contributed by atoms with Gasteiger partial charge in [-0.15, -0.1) is 0 Å². The molecule has 1 rings (SSSR count). The van der Waals surface area contributed by atoms with Crippen LogP contribution in [0.25, 0.3) is 0 Å². The molecule has 0 aliphatic carbocycles. The third-order valence-electron chi connectivity index (χ3n) is 2.42. The molecule has 0 amide bonds. The highest BCUT2D eigenvalue weighted by Gasteiger charge is 2.04. The van der Waals surface area contributed by atoms with Crippen LogP contribution >= 0.6 is 12.2 Å². The van der Waals surface area contributed by atoms with Crippen molar-refractivity contribution in [2.24, 2.45) is 5.73 Å². The molecule has 17 heavy (non-hydrogen) atoms. The van der Waals surface area contributed by atoms with Crippen LogP contribution in [0.4, 0.5) is 0 Å². The Morgan fingerprint density at radius 3 is 2.76 bits per heavy atom. The van der Waals surface area contributed by atoms with E-state index in [1.54, 1.807) is 12.3 Å². The zero-order valence-electron chi connectivity index (χ0n) is 10.2. The number of likely N-dealkylation sites (N-methyl/N-ethyl adjacent to an activating group) is 1. The fraction of sp³-hybridized carbons (Fsp3) is 0.545. The summed E-state index contributed by atoms with van der Waals surface area (Å²) < 4.78 is 5.45. The van der Waals surface area contributed by atoms with Crippen LogP contribution in [0.2, 0.25) is 0 Å². The quantitative estimate of drug-likeness (QED) is 0.727. The minimum atomic E-state index is 0.251. The molecule has 1 heterocycles. The van der Waals surface area contributed by atoms with E-state index in [0.717, 1.165) is 19.6 Å². The molecule has 0 unspecified atom stereocenters. The summed E-state index contributed by atoms with van der Waals surface area (Å²) in [4.78, 5) is 10.6. The monoisotopic (exact) mass is 254 g/mol. The minimum absolute atomic E-state index is 0.251. The van der Waals surface area contributed by atoms with Gasteiger partial charge in [0.25, 0.3) is 0 Å². The van der Waals surface area contributed by atoms with Crippen LogP contribution < -0.4 is 10.5 Å². The van der Waals surface area contributed by atoms with Gasteiger partial charge in [-0.2, -0.15) is 4.98 Å². The zero-order chi connectivity index (χ0) is 12.7. The molecule has 0 atom stereocenters. The molecule has 0 aliphatic rings. The summed E-state index contributed by atoms with van der Waals surface area (Å²) in [5, 5.41) is 0. The Balaban J connectivity index is 2.46. The fourth-order valence-electron chi connectivity index (χ4n) is 1.35. The molecule has 5 nitrogen and oxygen atoms in total. The van der Waals surface area contributed by atoms with Gasteiger partial charge in [0.2, 0.25) is 0 Å². The van der Waals surface area contributed by atoms with Crippen molar-refractivity contribution in [2.45, 2.75) is 13.8 Å². The second-order valence-corrected chi connectivity index (χ2v) is 3.90. The maximum atomic E-state index is 5.48. The first-order valence-electron chi connectivity index (χ1n) is 5.65. The van der Waals surface area contributed by atoms with Crippen LogP contribution in [-0.2, 0) is 0 Å². The van der Waals surface area contributed by atoms with E-state index in [9.17, 15) is 0 Å². The van der Waals surface area contributed by atoms with Crippen molar-refractivity contribution in [2.75, 3.05) is 26.2 Å². The van der Waals surface area contributed by atoms with Crippen LogP contribution in [0, 0.1) is 0 Å². The SMILES string of the molecule is CCN(CC)CCOc1nccc(C(N)=S)n1. The lowest BCUT2D eigenvalue weighted by Crippen LogP contribution is -2.28. The van der Waals surface area contributed by atoms with Crippen molar-refractivity contribution < 1.29 is 4.74 Å². The number of nitrogens with zero attached hydrogens (tertiary/aromatic N) is 3. The third-order valence-corrected chi connectivity index (χ3v) is 2.63. The molecule has 0 aromatic carbocycles. The predicted octanol–water partition coefficient (Wildman–Crippen LogP) is 0.831. The van der Waals surface area contributed by atoms with Crippen LogP contribution in [0.1, 0.15) is 19.5 Å². The molecule has 94 valence electrons. The fourth-order valence-corrected chi connectivity index (χ4v) is 1.47. The Labute approximate surface area is 107 Å². The van der Waals surface area contributed by atoms with Crippen molar-refractivity contribution in [1.29, 1.82) is 0 Å². The van der Waals surface area contributed by atoms with Gasteiger partial charge in [-0.05, 0) is 19.2 Å². The van der Waals surface area contributed by atoms with Crippen LogP contribution in [0.15, 0.2) is 12.3 Å². The largest absolute Gasteiger partial charge is 0.462 e. The van der Waals surface area contributed by atoms with Gasteiger partial charge in [-0.25, -0.2) is 4.98 Å². The van der Waals surface area contributed by atoms with Crippen molar-refractivity contribution in [3.05, 3.63) is 18.0 Å². The summed E-state index contributed by atoms with van der Waals surface area (Å²) in [6.45, 7) is 7.67. The molecule has 0 aliphatic heterocycles. The van der Waals surface area contributed by atoms with Gasteiger partial charge in [-0.1, -0.05) is 26.1 Å². The van der Waals surface area contributed by atoms with Gasteiger partial charge >= 0.3 is 6.01 Å². The minimum Gasteiger partial charge on any atom is -0.462 e. The summed E-state index contributed by atoms with van der Waals surface area (Å²) >= 11 is 4.84. The number of rotatable bonds is 7. The summed E-state index contributed by atoms with van der Waals surface area (Å²) in [5.74, 6) is 0. The van der Waals surface area contributed by atoms with Crippen LogP contribution in [-0.4, -0.2) is 46.1 Å². The number of hydrogen-bond donors (Lipinski definition) is 1. The molecular formula is C11H18N4OS. The average Bonchev–Trinajstić information content (AvgIpc) is 2.35. The van der Waals surface area contributed by atoms with E-state index in [1.165, 1.54) is 0 Å². The molecule has 6 heteroatoms. The molecule has 0 bridgehead atoms. The van der Waals surface area contributed by atoms with Crippen molar-refractivity contribution in [1.82, 2.24) is 14.9 Å². The first-order valence-corrected chi connectivity index (χ1v) is 6.06. The molecule has 0 saturated heterocycles.